The Hall–Kier alpha value is -0.940. The van der Waals surface area contributed by atoms with Crippen molar-refractivity contribution in [3.8, 4) is 0 Å². The molecule has 1 aromatic rings. The average Bonchev–Trinajstić information content (AvgIpc) is 3.09. The standard InChI is InChI=1S/C13H17BrN2O2/c1-2-13(5-6-13)9-15-8-10-7-11(14)3-4-12(10)16(17)18/h3-4,7,15H,2,5-6,8-9H2,1H3. The Morgan fingerprint density at radius 1 is 1.50 bits per heavy atom. The first-order valence-electron chi connectivity index (χ1n) is 6.20. The number of nitro benzene ring substituents is 1. The summed E-state index contributed by atoms with van der Waals surface area (Å²) in [4.78, 5) is 10.6. The van der Waals surface area contributed by atoms with Gasteiger partial charge in [-0.05, 0) is 36.8 Å². The Balaban J connectivity index is 1.99. The molecule has 2 rings (SSSR count). The molecular formula is C13H17BrN2O2. The molecule has 1 saturated carbocycles. The Kier molecular flexibility index (Phi) is 4.02. The molecule has 18 heavy (non-hydrogen) atoms. The number of hydrogen-bond donors (Lipinski definition) is 1. The molecule has 98 valence electrons. The van der Waals surface area contributed by atoms with E-state index in [1.54, 1.807) is 12.1 Å². The normalized spacial score (nSPS) is 16.6. The third-order valence-electron chi connectivity index (χ3n) is 3.76. The Morgan fingerprint density at radius 3 is 2.78 bits per heavy atom. The molecule has 0 atom stereocenters. The van der Waals surface area contributed by atoms with Crippen molar-refractivity contribution in [3.05, 3.63) is 38.3 Å². The average molecular weight is 313 g/mol. The van der Waals surface area contributed by atoms with E-state index in [1.807, 2.05) is 6.07 Å². The summed E-state index contributed by atoms with van der Waals surface area (Å²) < 4.78 is 0.876. The quantitative estimate of drug-likeness (QED) is 0.644. The van der Waals surface area contributed by atoms with E-state index >= 15 is 0 Å². The van der Waals surface area contributed by atoms with E-state index in [-0.39, 0.29) is 10.6 Å². The minimum Gasteiger partial charge on any atom is -0.312 e. The second kappa shape index (κ2) is 5.36. The summed E-state index contributed by atoms with van der Waals surface area (Å²) >= 11 is 3.35. The number of rotatable bonds is 6. The number of halogens is 1. The molecule has 0 unspecified atom stereocenters. The summed E-state index contributed by atoms with van der Waals surface area (Å²) in [7, 11) is 0. The van der Waals surface area contributed by atoms with Crippen molar-refractivity contribution < 1.29 is 4.92 Å². The fourth-order valence-electron chi connectivity index (χ4n) is 2.17. The highest BCUT2D eigenvalue weighted by Crippen LogP contribution is 2.47. The maximum atomic E-state index is 10.9. The van der Waals surface area contributed by atoms with Crippen LogP contribution in [0.3, 0.4) is 0 Å². The molecule has 1 N–H and O–H groups in total. The van der Waals surface area contributed by atoms with Gasteiger partial charge in [0.1, 0.15) is 0 Å². The van der Waals surface area contributed by atoms with Gasteiger partial charge in [0.2, 0.25) is 0 Å². The van der Waals surface area contributed by atoms with E-state index in [1.165, 1.54) is 19.3 Å². The fourth-order valence-corrected chi connectivity index (χ4v) is 2.58. The summed E-state index contributed by atoms with van der Waals surface area (Å²) in [5, 5.41) is 14.3. The molecular weight excluding hydrogens is 296 g/mol. The van der Waals surface area contributed by atoms with Gasteiger partial charge in [-0.2, -0.15) is 0 Å². The highest BCUT2D eigenvalue weighted by Gasteiger charge is 2.39. The van der Waals surface area contributed by atoms with E-state index in [4.69, 9.17) is 0 Å². The maximum absolute atomic E-state index is 10.9. The summed E-state index contributed by atoms with van der Waals surface area (Å²) in [6.45, 7) is 3.71. The second-order valence-corrected chi connectivity index (χ2v) is 5.90. The zero-order valence-electron chi connectivity index (χ0n) is 10.4. The molecule has 4 nitrogen and oxygen atoms in total. The molecule has 0 saturated heterocycles. The molecule has 0 radical (unpaired) electrons. The highest BCUT2D eigenvalue weighted by atomic mass is 79.9. The lowest BCUT2D eigenvalue weighted by molar-refractivity contribution is -0.385. The third-order valence-corrected chi connectivity index (χ3v) is 4.25. The van der Waals surface area contributed by atoms with Crippen LogP contribution in [0.5, 0.6) is 0 Å². The van der Waals surface area contributed by atoms with Gasteiger partial charge in [0.15, 0.2) is 0 Å². The number of benzene rings is 1. The molecule has 0 heterocycles. The molecule has 0 aromatic heterocycles. The van der Waals surface area contributed by atoms with Gasteiger partial charge in [0, 0.05) is 29.2 Å². The maximum Gasteiger partial charge on any atom is 0.273 e. The lowest BCUT2D eigenvalue weighted by Crippen LogP contribution is -2.23. The smallest absolute Gasteiger partial charge is 0.273 e. The fraction of sp³-hybridized carbons (Fsp3) is 0.538. The predicted octanol–water partition coefficient (Wildman–Crippen LogP) is 3.64. The van der Waals surface area contributed by atoms with Crippen molar-refractivity contribution in [1.82, 2.24) is 5.32 Å². The van der Waals surface area contributed by atoms with Crippen LogP contribution in [0.25, 0.3) is 0 Å². The van der Waals surface area contributed by atoms with Crippen LogP contribution in [-0.2, 0) is 6.54 Å². The van der Waals surface area contributed by atoms with Crippen LogP contribution in [-0.4, -0.2) is 11.5 Å². The van der Waals surface area contributed by atoms with Crippen LogP contribution in [0.4, 0.5) is 5.69 Å². The van der Waals surface area contributed by atoms with E-state index in [0.717, 1.165) is 16.6 Å². The SMILES string of the molecule is CCC1(CNCc2cc(Br)ccc2[N+](=O)[O-])CC1. The minimum atomic E-state index is -0.323. The molecule has 1 aliphatic carbocycles. The van der Waals surface area contributed by atoms with Gasteiger partial charge < -0.3 is 5.32 Å². The van der Waals surface area contributed by atoms with Gasteiger partial charge in [-0.25, -0.2) is 0 Å². The Labute approximate surface area is 115 Å². The van der Waals surface area contributed by atoms with Crippen LogP contribution in [0.15, 0.2) is 22.7 Å². The predicted molar refractivity (Wildman–Crippen MR) is 74.5 cm³/mol. The lowest BCUT2D eigenvalue weighted by Gasteiger charge is -2.13. The van der Waals surface area contributed by atoms with Crippen LogP contribution >= 0.6 is 15.9 Å². The topological polar surface area (TPSA) is 55.2 Å². The number of nitrogens with one attached hydrogen (secondary N) is 1. The third kappa shape index (κ3) is 3.09. The van der Waals surface area contributed by atoms with Gasteiger partial charge in [0.25, 0.3) is 5.69 Å². The zero-order valence-corrected chi connectivity index (χ0v) is 12.0. The summed E-state index contributed by atoms with van der Waals surface area (Å²) in [5.41, 5.74) is 1.38. The van der Waals surface area contributed by atoms with Crippen molar-refractivity contribution in [1.29, 1.82) is 0 Å². The molecule has 0 amide bonds. The van der Waals surface area contributed by atoms with Crippen LogP contribution in [0, 0.1) is 15.5 Å². The van der Waals surface area contributed by atoms with Gasteiger partial charge in [-0.1, -0.05) is 22.9 Å². The molecule has 1 fully saturated rings. The van der Waals surface area contributed by atoms with Gasteiger partial charge >= 0.3 is 0 Å². The first-order chi connectivity index (χ1) is 8.56. The first-order valence-corrected chi connectivity index (χ1v) is 6.99. The first kappa shape index (κ1) is 13.5. The molecule has 5 heteroatoms. The van der Waals surface area contributed by atoms with E-state index in [0.29, 0.717) is 12.0 Å². The van der Waals surface area contributed by atoms with Crippen LogP contribution in [0.1, 0.15) is 31.7 Å². The van der Waals surface area contributed by atoms with E-state index in [9.17, 15) is 10.1 Å². The second-order valence-electron chi connectivity index (χ2n) is 4.99. The summed E-state index contributed by atoms with van der Waals surface area (Å²) in [5.74, 6) is 0. The van der Waals surface area contributed by atoms with Crippen LogP contribution < -0.4 is 5.32 Å². The Bertz CT molecular complexity index is 458. The van der Waals surface area contributed by atoms with Crippen molar-refractivity contribution in [2.24, 2.45) is 5.41 Å². The number of nitrogens with zero attached hydrogens (tertiary/aromatic N) is 1. The molecule has 1 aromatic carbocycles. The molecule has 0 spiro atoms. The summed E-state index contributed by atoms with van der Waals surface area (Å²) in [6.07, 6.45) is 3.73. The van der Waals surface area contributed by atoms with Gasteiger partial charge in [0.05, 0.1) is 4.92 Å². The van der Waals surface area contributed by atoms with Crippen molar-refractivity contribution in [2.75, 3.05) is 6.54 Å². The van der Waals surface area contributed by atoms with Gasteiger partial charge in [-0.15, -0.1) is 0 Å². The number of hydrogen-bond acceptors (Lipinski definition) is 3. The highest BCUT2D eigenvalue weighted by molar-refractivity contribution is 9.10. The van der Waals surface area contributed by atoms with E-state index in [2.05, 4.69) is 28.2 Å². The monoisotopic (exact) mass is 312 g/mol. The molecule has 0 bridgehead atoms. The van der Waals surface area contributed by atoms with Crippen molar-refractivity contribution in [3.63, 3.8) is 0 Å². The zero-order chi connectivity index (χ0) is 13.2. The Morgan fingerprint density at radius 2 is 2.22 bits per heavy atom. The number of nitro groups is 1. The lowest BCUT2D eigenvalue weighted by atomic mass is 10.0. The van der Waals surface area contributed by atoms with Crippen molar-refractivity contribution >= 4 is 21.6 Å². The van der Waals surface area contributed by atoms with E-state index < -0.39 is 0 Å². The minimum absolute atomic E-state index is 0.187. The molecule has 0 aliphatic heterocycles. The molecule has 1 aliphatic rings. The van der Waals surface area contributed by atoms with Crippen LogP contribution in [0.2, 0.25) is 0 Å². The van der Waals surface area contributed by atoms with Crippen molar-refractivity contribution in [2.45, 2.75) is 32.7 Å². The largest absolute Gasteiger partial charge is 0.312 e. The summed E-state index contributed by atoms with van der Waals surface area (Å²) in [6, 6.07) is 5.07. The van der Waals surface area contributed by atoms with Gasteiger partial charge in [-0.3, -0.25) is 10.1 Å².